The predicted molar refractivity (Wildman–Crippen MR) is 78.9 cm³/mol. The van der Waals surface area contributed by atoms with Crippen molar-refractivity contribution < 1.29 is 0 Å². The molecule has 0 fully saturated rings. The molecule has 1 aromatic carbocycles. The van der Waals surface area contributed by atoms with Crippen LogP contribution >= 0.6 is 23.8 Å². The summed E-state index contributed by atoms with van der Waals surface area (Å²) in [4.78, 5) is 4.56. The van der Waals surface area contributed by atoms with Gasteiger partial charge in [0.15, 0.2) is 0 Å². The van der Waals surface area contributed by atoms with Gasteiger partial charge in [-0.25, -0.2) is 4.98 Å². The molecule has 0 aliphatic carbocycles. The lowest BCUT2D eigenvalue weighted by atomic mass is 10.2. The Morgan fingerprint density at radius 3 is 2.67 bits per heavy atom. The molecule has 2 aromatic rings. The maximum absolute atomic E-state index is 5.83. The van der Waals surface area contributed by atoms with Gasteiger partial charge in [0, 0.05) is 17.8 Å². The minimum atomic E-state index is 0.335. The van der Waals surface area contributed by atoms with Crippen LogP contribution in [0.15, 0.2) is 42.6 Å². The van der Waals surface area contributed by atoms with E-state index in [1.54, 1.807) is 6.20 Å². The first-order valence-electron chi connectivity index (χ1n) is 5.40. The molecular formula is C13H12ClN3S. The summed E-state index contributed by atoms with van der Waals surface area (Å²) in [7, 11) is 0. The maximum atomic E-state index is 5.83. The molecule has 92 valence electrons. The minimum absolute atomic E-state index is 0.335. The van der Waals surface area contributed by atoms with Crippen molar-refractivity contribution in [2.45, 2.75) is 6.54 Å². The minimum Gasteiger partial charge on any atom is -0.389 e. The molecule has 0 amide bonds. The number of halogens is 1. The van der Waals surface area contributed by atoms with Crippen LogP contribution in [0.3, 0.4) is 0 Å². The average molecular weight is 278 g/mol. The van der Waals surface area contributed by atoms with Gasteiger partial charge < -0.3 is 11.1 Å². The Morgan fingerprint density at radius 1 is 1.28 bits per heavy atom. The lowest BCUT2D eigenvalue weighted by Gasteiger charge is -2.09. The van der Waals surface area contributed by atoms with E-state index in [9.17, 15) is 0 Å². The van der Waals surface area contributed by atoms with Crippen LogP contribution in [0.1, 0.15) is 11.1 Å². The van der Waals surface area contributed by atoms with Gasteiger partial charge in [0.05, 0.1) is 5.56 Å². The summed E-state index contributed by atoms with van der Waals surface area (Å²) >= 11 is 10.8. The second-order valence-corrected chi connectivity index (χ2v) is 4.62. The van der Waals surface area contributed by atoms with Crippen LogP contribution in [0.2, 0.25) is 5.02 Å². The molecule has 3 N–H and O–H groups in total. The predicted octanol–water partition coefficient (Wildman–Crippen LogP) is 2.98. The van der Waals surface area contributed by atoms with Gasteiger partial charge in [0.2, 0.25) is 0 Å². The molecule has 0 saturated carbocycles. The highest BCUT2D eigenvalue weighted by molar-refractivity contribution is 7.80. The molecule has 0 atom stereocenters. The molecule has 0 bridgehead atoms. The molecule has 2 rings (SSSR count). The Labute approximate surface area is 116 Å². The number of nitrogens with one attached hydrogen (secondary N) is 1. The van der Waals surface area contributed by atoms with Gasteiger partial charge in [-0.15, -0.1) is 0 Å². The van der Waals surface area contributed by atoms with Gasteiger partial charge >= 0.3 is 0 Å². The SMILES string of the molecule is NC(=S)c1cccnc1NCc1ccc(Cl)cc1. The Morgan fingerprint density at radius 2 is 2.00 bits per heavy atom. The van der Waals surface area contributed by atoms with E-state index < -0.39 is 0 Å². The molecule has 0 unspecified atom stereocenters. The van der Waals surface area contributed by atoms with Gasteiger partial charge in [-0.3, -0.25) is 0 Å². The largest absolute Gasteiger partial charge is 0.389 e. The lowest BCUT2D eigenvalue weighted by Crippen LogP contribution is -2.14. The number of benzene rings is 1. The zero-order valence-corrected chi connectivity index (χ0v) is 11.1. The second kappa shape index (κ2) is 5.80. The molecule has 0 saturated heterocycles. The van der Waals surface area contributed by atoms with Crippen LogP contribution in [0.4, 0.5) is 5.82 Å². The van der Waals surface area contributed by atoms with Gasteiger partial charge in [0.25, 0.3) is 0 Å². The number of rotatable bonds is 4. The molecule has 0 aliphatic heterocycles. The molecule has 0 aliphatic rings. The summed E-state index contributed by atoms with van der Waals surface area (Å²) in [6, 6.07) is 11.3. The van der Waals surface area contributed by atoms with Crippen LogP contribution in [0, 0.1) is 0 Å². The fourth-order valence-electron chi connectivity index (χ4n) is 1.53. The van der Waals surface area contributed by atoms with Gasteiger partial charge in [-0.1, -0.05) is 36.0 Å². The fraction of sp³-hybridized carbons (Fsp3) is 0.0769. The van der Waals surface area contributed by atoms with E-state index in [0.29, 0.717) is 17.4 Å². The quantitative estimate of drug-likeness (QED) is 0.844. The van der Waals surface area contributed by atoms with Crippen LogP contribution in [-0.4, -0.2) is 9.97 Å². The summed E-state index contributed by atoms with van der Waals surface area (Å²) in [5.41, 5.74) is 7.50. The van der Waals surface area contributed by atoms with Crippen molar-refractivity contribution in [3.63, 3.8) is 0 Å². The smallest absolute Gasteiger partial charge is 0.136 e. The Balaban J connectivity index is 2.10. The Hall–Kier alpha value is -1.65. The molecular weight excluding hydrogens is 266 g/mol. The molecule has 1 heterocycles. The van der Waals surface area contributed by atoms with E-state index in [0.717, 1.165) is 16.1 Å². The Bertz CT molecular complexity index is 554. The fourth-order valence-corrected chi connectivity index (χ4v) is 1.82. The van der Waals surface area contributed by atoms with E-state index >= 15 is 0 Å². The van der Waals surface area contributed by atoms with Crippen molar-refractivity contribution in [3.8, 4) is 0 Å². The Kier molecular flexibility index (Phi) is 4.12. The van der Waals surface area contributed by atoms with Gasteiger partial charge in [-0.2, -0.15) is 0 Å². The van der Waals surface area contributed by atoms with E-state index in [1.165, 1.54) is 0 Å². The first-order valence-corrected chi connectivity index (χ1v) is 6.18. The third-order valence-electron chi connectivity index (χ3n) is 2.45. The standard InChI is InChI=1S/C13H12ClN3S/c14-10-5-3-9(4-6-10)8-17-13-11(12(15)18)2-1-7-16-13/h1-7H,8H2,(H2,15,18)(H,16,17). The summed E-state index contributed by atoms with van der Waals surface area (Å²) in [6.07, 6.45) is 1.70. The van der Waals surface area contributed by atoms with Crippen molar-refractivity contribution in [1.29, 1.82) is 0 Å². The van der Waals surface area contributed by atoms with E-state index in [4.69, 9.17) is 29.6 Å². The number of aromatic nitrogens is 1. The van der Waals surface area contributed by atoms with Crippen LogP contribution < -0.4 is 11.1 Å². The number of anilines is 1. The summed E-state index contributed by atoms with van der Waals surface area (Å²) in [5.74, 6) is 0.694. The highest BCUT2D eigenvalue weighted by Gasteiger charge is 2.05. The molecule has 5 heteroatoms. The normalized spacial score (nSPS) is 10.1. The molecule has 0 radical (unpaired) electrons. The summed E-state index contributed by atoms with van der Waals surface area (Å²) < 4.78 is 0. The van der Waals surface area contributed by atoms with Crippen molar-refractivity contribution in [2.75, 3.05) is 5.32 Å². The second-order valence-electron chi connectivity index (χ2n) is 3.74. The number of pyridine rings is 1. The number of thiocarbonyl (C=S) groups is 1. The molecule has 1 aromatic heterocycles. The lowest BCUT2D eigenvalue weighted by molar-refractivity contribution is 1.11. The van der Waals surface area contributed by atoms with Gasteiger partial charge in [-0.05, 0) is 29.8 Å². The summed E-state index contributed by atoms with van der Waals surface area (Å²) in [6.45, 7) is 0.643. The first kappa shape index (κ1) is 12.8. The zero-order valence-electron chi connectivity index (χ0n) is 9.56. The third kappa shape index (κ3) is 3.18. The first-order chi connectivity index (χ1) is 8.66. The highest BCUT2D eigenvalue weighted by Crippen LogP contribution is 2.14. The van der Waals surface area contributed by atoms with Crippen molar-refractivity contribution in [2.24, 2.45) is 5.73 Å². The molecule has 3 nitrogen and oxygen atoms in total. The van der Waals surface area contributed by atoms with Crippen molar-refractivity contribution in [1.82, 2.24) is 4.98 Å². The number of hydrogen-bond donors (Lipinski definition) is 2. The van der Waals surface area contributed by atoms with Crippen LogP contribution in [0.5, 0.6) is 0 Å². The van der Waals surface area contributed by atoms with Gasteiger partial charge in [0.1, 0.15) is 10.8 Å². The summed E-state index contributed by atoms with van der Waals surface area (Å²) in [5, 5.41) is 3.93. The van der Waals surface area contributed by atoms with Crippen LogP contribution in [0.25, 0.3) is 0 Å². The van der Waals surface area contributed by atoms with Crippen molar-refractivity contribution in [3.05, 3.63) is 58.7 Å². The molecule has 18 heavy (non-hydrogen) atoms. The zero-order chi connectivity index (χ0) is 13.0. The number of nitrogens with two attached hydrogens (primary N) is 1. The number of hydrogen-bond acceptors (Lipinski definition) is 3. The molecule has 0 spiro atoms. The maximum Gasteiger partial charge on any atom is 0.136 e. The highest BCUT2D eigenvalue weighted by atomic mass is 35.5. The topological polar surface area (TPSA) is 50.9 Å². The average Bonchev–Trinajstić information content (AvgIpc) is 2.38. The van der Waals surface area contributed by atoms with E-state index in [2.05, 4.69) is 10.3 Å². The third-order valence-corrected chi connectivity index (χ3v) is 2.92. The van der Waals surface area contributed by atoms with E-state index in [-0.39, 0.29) is 0 Å². The van der Waals surface area contributed by atoms with E-state index in [1.807, 2.05) is 36.4 Å². The monoisotopic (exact) mass is 277 g/mol. The number of nitrogens with zero attached hydrogens (tertiary/aromatic N) is 1. The van der Waals surface area contributed by atoms with Crippen molar-refractivity contribution >= 4 is 34.6 Å². The van der Waals surface area contributed by atoms with Crippen LogP contribution in [-0.2, 0) is 6.54 Å².